The van der Waals surface area contributed by atoms with E-state index in [0.717, 1.165) is 0 Å². The van der Waals surface area contributed by atoms with E-state index in [-0.39, 0.29) is 17.9 Å². The smallest absolute Gasteiger partial charge is 0.399 e. The molecule has 0 unspecified atom stereocenters. The molecule has 0 spiro atoms. The van der Waals surface area contributed by atoms with Gasteiger partial charge in [-0.25, -0.2) is 4.39 Å². The monoisotopic (exact) mass is 445 g/mol. The highest BCUT2D eigenvalue weighted by Crippen LogP contribution is 2.36. The molecule has 9 heteroatoms. The molecule has 0 aliphatic carbocycles. The maximum Gasteiger partial charge on any atom is 0.494 e. The highest BCUT2D eigenvalue weighted by molar-refractivity contribution is 6.62. The van der Waals surface area contributed by atoms with Crippen molar-refractivity contribution < 1.29 is 23.0 Å². The Morgan fingerprint density at radius 3 is 2.25 bits per heavy atom. The maximum atomic E-state index is 14.6. The molecule has 3 rings (SSSR count). The Morgan fingerprint density at radius 1 is 1.22 bits per heavy atom. The summed E-state index contributed by atoms with van der Waals surface area (Å²) in [6.07, 6.45) is 1.75. The summed E-state index contributed by atoms with van der Waals surface area (Å²) in [4.78, 5) is 16.3. The lowest BCUT2D eigenvalue weighted by Crippen LogP contribution is -2.41. The lowest BCUT2D eigenvalue weighted by molar-refractivity contribution is 0.00578. The first-order chi connectivity index (χ1) is 14.7. The first-order valence-corrected chi connectivity index (χ1v) is 10.5. The molecule has 1 aliphatic rings. The van der Waals surface area contributed by atoms with Gasteiger partial charge in [0, 0.05) is 17.5 Å². The highest BCUT2D eigenvalue weighted by atomic mass is 19.1. The van der Waals surface area contributed by atoms with E-state index in [1.54, 1.807) is 18.2 Å². The van der Waals surface area contributed by atoms with E-state index in [1.807, 2.05) is 55.4 Å². The number of nitrogens with one attached hydrogen (secondary N) is 1. The third-order valence-electron chi connectivity index (χ3n) is 5.33. The van der Waals surface area contributed by atoms with Crippen molar-refractivity contribution in [2.45, 2.75) is 78.6 Å². The van der Waals surface area contributed by atoms with Gasteiger partial charge in [0.05, 0.1) is 11.2 Å². The Balaban J connectivity index is 0.00000114. The summed E-state index contributed by atoms with van der Waals surface area (Å²) < 4.78 is 31.5. The Kier molecular flexibility index (Phi) is 7.68. The summed E-state index contributed by atoms with van der Waals surface area (Å²) in [6.45, 7) is 18.7. The number of hydrogen-bond acceptors (Lipinski definition) is 6. The van der Waals surface area contributed by atoms with Gasteiger partial charge in [0.1, 0.15) is 5.82 Å². The molecule has 0 saturated carbocycles. The van der Waals surface area contributed by atoms with Gasteiger partial charge in [0.25, 0.3) is 0 Å². The van der Waals surface area contributed by atoms with Crippen molar-refractivity contribution >= 4 is 18.5 Å². The van der Waals surface area contributed by atoms with E-state index < -0.39 is 30.0 Å². The number of benzene rings is 1. The highest BCUT2D eigenvalue weighted by Gasteiger charge is 2.51. The van der Waals surface area contributed by atoms with Gasteiger partial charge < -0.3 is 19.1 Å². The van der Waals surface area contributed by atoms with Crippen LogP contribution in [0.3, 0.4) is 0 Å². The second-order valence-electron chi connectivity index (χ2n) is 9.70. The zero-order valence-corrected chi connectivity index (χ0v) is 20.2. The standard InChI is InChI=1S/C20H27BFN3O4.C3H6/c1-18(2,3)17-24-16(27-25-17)15(26)23-11-12-8-9-13(10-14(12)22)21-28-19(4,5)20(6,7)29-21;1-3-2/h8-10H,11H2,1-7H3,(H,23,26);3H,1H2,2H3. The van der Waals surface area contributed by atoms with Gasteiger partial charge in [-0.15, -0.1) is 6.58 Å². The molecular formula is C23H33BFN3O4. The molecule has 7 nitrogen and oxygen atoms in total. The summed E-state index contributed by atoms with van der Waals surface area (Å²) in [6, 6.07) is 4.70. The van der Waals surface area contributed by atoms with Crippen molar-refractivity contribution in [3.63, 3.8) is 0 Å². The fourth-order valence-corrected chi connectivity index (χ4v) is 2.70. The molecule has 0 bridgehead atoms. The van der Waals surface area contributed by atoms with E-state index in [0.29, 0.717) is 16.9 Å². The molecular weight excluding hydrogens is 412 g/mol. The van der Waals surface area contributed by atoms with Crippen molar-refractivity contribution in [1.29, 1.82) is 0 Å². The maximum absolute atomic E-state index is 14.6. The van der Waals surface area contributed by atoms with Crippen LogP contribution in [0.25, 0.3) is 0 Å². The molecule has 2 aromatic rings. The van der Waals surface area contributed by atoms with Crippen molar-refractivity contribution in [2.75, 3.05) is 0 Å². The van der Waals surface area contributed by atoms with Gasteiger partial charge in [-0.3, -0.25) is 4.79 Å². The largest absolute Gasteiger partial charge is 0.494 e. The third kappa shape index (κ3) is 5.83. The SMILES string of the molecule is C=CC.CC(C)(C)c1noc(C(=O)NCc2ccc(B3OC(C)(C)C(C)(C)O3)cc2F)n1. The summed E-state index contributed by atoms with van der Waals surface area (Å²) in [5.41, 5.74) is -0.428. The van der Waals surface area contributed by atoms with Crippen LogP contribution in [0, 0.1) is 5.82 Å². The quantitative estimate of drug-likeness (QED) is 0.567. The minimum Gasteiger partial charge on any atom is -0.399 e. The van der Waals surface area contributed by atoms with Crippen molar-refractivity contribution in [1.82, 2.24) is 15.5 Å². The van der Waals surface area contributed by atoms with Crippen molar-refractivity contribution in [3.05, 3.63) is 53.9 Å². The molecule has 1 aliphatic heterocycles. The first kappa shape index (κ1) is 25.7. The molecule has 1 aromatic heterocycles. The molecule has 1 saturated heterocycles. The minimum absolute atomic E-state index is 0.0124. The number of rotatable bonds is 4. The van der Waals surface area contributed by atoms with Crippen LogP contribution in [0.5, 0.6) is 0 Å². The first-order valence-electron chi connectivity index (χ1n) is 10.5. The average Bonchev–Trinajstić information content (AvgIpc) is 3.24. The summed E-state index contributed by atoms with van der Waals surface area (Å²) in [5, 5.41) is 6.41. The van der Waals surface area contributed by atoms with Crippen molar-refractivity contribution in [2.24, 2.45) is 0 Å². The lowest BCUT2D eigenvalue weighted by atomic mass is 9.78. The predicted molar refractivity (Wildman–Crippen MR) is 122 cm³/mol. The number of halogens is 1. The van der Waals surface area contributed by atoms with Crippen LogP contribution in [-0.2, 0) is 21.3 Å². The number of nitrogens with zero attached hydrogens (tertiary/aromatic N) is 2. The fraction of sp³-hybridized carbons (Fsp3) is 0.522. The van der Waals surface area contributed by atoms with Crippen LogP contribution < -0.4 is 10.8 Å². The minimum atomic E-state index is -0.646. The Morgan fingerprint density at radius 2 is 1.78 bits per heavy atom. The molecule has 2 heterocycles. The van der Waals surface area contributed by atoms with Gasteiger partial charge in [0.15, 0.2) is 5.82 Å². The predicted octanol–water partition coefficient (Wildman–Crippen LogP) is 3.93. The number of carbonyl (C=O) groups is 1. The van der Waals surface area contributed by atoms with Gasteiger partial charge >= 0.3 is 18.9 Å². The zero-order chi connectivity index (χ0) is 24.3. The van der Waals surface area contributed by atoms with Crippen LogP contribution in [0.1, 0.15) is 77.5 Å². The van der Waals surface area contributed by atoms with Crippen LogP contribution >= 0.6 is 0 Å². The van der Waals surface area contributed by atoms with Gasteiger partial charge in [0.2, 0.25) is 0 Å². The topological polar surface area (TPSA) is 86.5 Å². The zero-order valence-electron chi connectivity index (χ0n) is 20.2. The Labute approximate surface area is 189 Å². The number of carbonyl (C=O) groups excluding carboxylic acids is 1. The Hall–Kier alpha value is -2.52. The van der Waals surface area contributed by atoms with Crippen LogP contribution in [-0.4, -0.2) is 34.4 Å². The number of allylic oxidation sites excluding steroid dienone is 1. The molecule has 0 atom stereocenters. The molecule has 174 valence electrons. The van der Waals surface area contributed by atoms with Crippen LogP contribution in [0.15, 0.2) is 35.4 Å². The van der Waals surface area contributed by atoms with Crippen LogP contribution in [0.2, 0.25) is 0 Å². The molecule has 1 N–H and O–H groups in total. The molecule has 1 amide bonds. The van der Waals surface area contributed by atoms with E-state index in [1.165, 1.54) is 6.07 Å². The summed E-state index contributed by atoms with van der Waals surface area (Å²) in [7, 11) is -0.646. The van der Waals surface area contributed by atoms with E-state index in [4.69, 9.17) is 13.8 Å². The molecule has 1 aromatic carbocycles. The summed E-state index contributed by atoms with van der Waals surface area (Å²) >= 11 is 0. The number of aromatic nitrogens is 2. The molecule has 1 fully saturated rings. The van der Waals surface area contributed by atoms with Gasteiger partial charge in [-0.2, -0.15) is 4.98 Å². The van der Waals surface area contributed by atoms with Crippen molar-refractivity contribution in [3.8, 4) is 0 Å². The third-order valence-corrected chi connectivity index (χ3v) is 5.33. The lowest BCUT2D eigenvalue weighted by Gasteiger charge is -2.32. The second kappa shape index (κ2) is 9.54. The number of hydrogen-bond donors (Lipinski definition) is 1. The second-order valence-corrected chi connectivity index (χ2v) is 9.70. The van der Waals surface area contributed by atoms with Gasteiger partial charge in [-0.05, 0) is 46.1 Å². The normalized spacial score (nSPS) is 16.8. The average molecular weight is 445 g/mol. The molecule has 32 heavy (non-hydrogen) atoms. The Bertz CT molecular complexity index is 950. The number of amides is 1. The van der Waals surface area contributed by atoms with Gasteiger partial charge in [-0.1, -0.05) is 44.1 Å². The van der Waals surface area contributed by atoms with E-state index in [2.05, 4.69) is 22.0 Å². The molecule has 0 radical (unpaired) electrons. The van der Waals surface area contributed by atoms with E-state index in [9.17, 15) is 9.18 Å². The van der Waals surface area contributed by atoms with E-state index >= 15 is 0 Å². The van der Waals surface area contributed by atoms with Crippen LogP contribution in [0.4, 0.5) is 4.39 Å². The fourth-order valence-electron chi connectivity index (χ4n) is 2.70. The summed E-state index contributed by atoms with van der Waals surface area (Å²) in [5.74, 6) is -0.731.